The molecule has 0 spiro atoms. The molecule has 0 aliphatic carbocycles. The van der Waals surface area contributed by atoms with Gasteiger partial charge in [-0.25, -0.2) is 19.5 Å². The molecule has 206 valence electrons. The van der Waals surface area contributed by atoms with Gasteiger partial charge in [-0.1, -0.05) is 32.0 Å². The number of amides is 2. The van der Waals surface area contributed by atoms with Gasteiger partial charge in [0, 0.05) is 23.5 Å². The van der Waals surface area contributed by atoms with E-state index in [1.54, 1.807) is 34.6 Å². The highest BCUT2D eigenvalue weighted by Gasteiger charge is 2.40. The number of carbonyl (C=O) groups is 3. The average molecular weight is 527 g/mol. The number of hydrogen-bond acceptors (Lipinski definition) is 8. The normalized spacial score (nSPS) is 13.4. The summed E-state index contributed by atoms with van der Waals surface area (Å²) in [6, 6.07) is 5.66. The number of carbonyl (C=O) groups excluding carboxylic acids is 3. The van der Waals surface area contributed by atoms with Gasteiger partial charge in [-0.2, -0.15) is 0 Å². The van der Waals surface area contributed by atoms with Crippen molar-refractivity contribution in [2.45, 2.75) is 79.0 Å². The molecule has 0 fully saturated rings. The summed E-state index contributed by atoms with van der Waals surface area (Å²) in [5, 5.41) is 0.912. The lowest BCUT2D eigenvalue weighted by Gasteiger charge is -2.32. The number of para-hydroxylation sites is 1. The molecule has 0 radical (unpaired) electrons. The predicted octanol–water partition coefficient (Wildman–Crippen LogP) is 5.06. The standard InChI is InChI=1S/C28H38N4O6/c1-8-36-26(34)23-17(4)37-24(31-23)22(14-18-15-30-21-12-10-9-11-19(18)21)32(27(35)38-28(5,6)7)25(33)20(29)13-16(2)3/h9-12,15-16,20,22,30H,8,13-14,29H2,1-7H3/t20-,22+/m0/s1. The van der Waals surface area contributed by atoms with Crippen LogP contribution in [0.25, 0.3) is 10.9 Å². The molecule has 2 amide bonds. The maximum atomic E-state index is 13.8. The summed E-state index contributed by atoms with van der Waals surface area (Å²) < 4.78 is 16.7. The SMILES string of the molecule is CCOC(=O)c1nc([C@@H](Cc2c[nH]c3ccccc23)N(C(=O)OC(C)(C)C)C(=O)[C@@H](N)CC(C)C)oc1C. The van der Waals surface area contributed by atoms with Crippen LogP contribution in [-0.2, 0) is 20.7 Å². The van der Waals surface area contributed by atoms with Crippen LogP contribution in [0.15, 0.2) is 34.9 Å². The molecule has 1 aromatic carbocycles. The minimum Gasteiger partial charge on any atom is -0.461 e. The van der Waals surface area contributed by atoms with Crippen molar-refractivity contribution in [1.82, 2.24) is 14.9 Å². The van der Waals surface area contributed by atoms with Gasteiger partial charge in [0.1, 0.15) is 17.4 Å². The Morgan fingerprint density at radius 3 is 2.50 bits per heavy atom. The Kier molecular flexibility index (Phi) is 8.98. The fourth-order valence-corrected chi connectivity index (χ4v) is 4.22. The van der Waals surface area contributed by atoms with Crippen molar-refractivity contribution < 1.29 is 28.3 Å². The zero-order valence-corrected chi connectivity index (χ0v) is 23.2. The molecule has 0 bridgehead atoms. The molecule has 0 unspecified atom stereocenters. The van der Waals surface area contributed by atoms with E-state index >= 15 is 0 Å². The molecule has 0 aliphatic rings. The van der Waals surface area contributed by atoms with Crippen molar-refractivity contribution in [3.8, 4) is 0 Å². The molecule has 3 N–H and O–H groups in total. The molecule has 38 heavy (non-hydrogen) atoms. The maximum Gasteiger partial charge on any atom is 0.417 e. The first-order valence-electron chi connectivity index (χ1n) is 12.8. The van der Waals surface area contributed by atoms with Gasteiger partial charge in [-0.05, 0) is 58.6 Å². The predicted molar refractivity (Wildman–Crippen MR) is 142 cm³/mol. The minimum atomic E-state index is -1.04. The second-order valence-electron chi connectivity index (χ2n) is 10.7. The van der Waals surface area contributed by atoms with E-state index in [9.17, 15) is 14.4 Å². The van der Waals surface area contributed by atoms with E-state index in [1.165, 1.54) is 0 Å². The molecule has 3 rings (SSSR count). The lowest BCUT2D eigenvalue weighted by atomic mass is 10.00. The van der Waals surface area contributed by atoms with Gasteiger partial charge >= 0.3 is 12.1 Å². The molecule has 10 nitrogen and oxygen atoms in total. The summed E-state index contributed by atoms with van der Waals surface area (Å²) >= 11 is 0. The molecule has 2 atom stereocenters. The highest BCUT2D eigenvalue weighted by Crippen LogP contribution is 2.32. The lowest BCUT2D eigenvalue weighted by molar-refractivity contribution is -0.135. The van der Waals surface area contributed by atoms with Gasteiger partial charge in [0.2, 0.25) is 11.8 Å². The maximum absolute atomic E-state index is 13.8. The first-order chi connectivity index (χ1) is 17.8. The fraction of sp³-hybridized carbons (Fsp3) is 0.500. The van der Waals surface area contributed by atoms with Crippen LogP contribution in [0.3, 0.4) is 0 Å². The summed E-state index contributed by atoms with van der Waals surface area (Å²) in [4.78, 5) is 48.5. The number of benzene rings is 1. The van der Waals surface area contributed by atoms with E-state index in [-0.39, 0.29) is 36.3 Å². The molecular formula is C28H38N4O6. The second kappa shape index (κ2) is 11.8. The van der Waals surface area contributed by atoms with Gasteiger partial charge in [-0.15, -0.1) is 0 Å². The Balaban J connectivity index is 2.16. The van der Waals surface area contributed by atoms with Gasteiger partial charge in [-0.3, -0.25) is 4.79 Å². The summed E-state index contributed by atoms with van der Waals surface area (Å²) in [5.41, 5.74) is 7.10. The summed E-state index contributed by atoms with van der Waals surface area (Å²) in [6.07, 6.45) is 1.44. The fourth-order valence-electron chi connectivity index (χ4n) is 4.22. The first-order valence-corrected chi connectivity index (χ1v) is 12.8. The minimum absolute atomic E-state index is 0.00629. The Morgan fingerprint density at radius 2 is 1.87 bits per heavy atom. The molecule has 0 saturated heterocycles. The number of imide groups is 1. The van der Waals surface area contributed by atoms with Crippen LogP contribution in [-0.4, -0.2) is 51.1 Å². The van der Waals surface area contributed by atoms with E-state index < -0.39 is 35.7 Å². The molecular weight excluding hydrogens is 488 g/mol. The zero-order valence-electron chi connectivity index (χ0n) is 23.2. The number of H-pyrrole nitrogens is 1. The Bertz CT molecular complexity index is 1290. The average Bonchev–Trinajstić information content (AvgIpc) is 3.40. The van der Waals surface area contributed by atoms with Crippen molar-refractivity contribution in [2.75, 3.05) is 6.61 Å². The molecule has 0 aliphatic heterocycles. The van der Waals surface area contributed by atoms with E-state index in [2.05, 4.69) is 9.97 Å². The second-order valence-corrected chi connectivity index (χ2v) is 10.7. The number of rotatable bonds is 9. The van der Waals surface area contributed by atoms with Crippen molar-refractivity contribution in [1.29, 1.82) is 0 Å². The number of nitrogens with one attached hydrogen (secondary N) is 1. The Morgan fingerprint density at radius 1 is 1.18 bits per heavy atom. The van der Waals surface area contributed by atoms with E-state index in [0.717, 1.165) is 21.4 Å². The Labute approximate surface area is 222 Å². The van der Waals surface area contributed by atoms with Gasteiger partial charge < -0.3 is 24.6 Å². The number of aromatic nitrogens is 2. The monoisotopic (exact) mass is 526 g/mol. The van der Waals surface area contributed by atoms with E-state index in [0.29, 0.717) is 6.42 Å². The largest absolute Gasteiger partial charge is 0.461 e. The number of nitrogens with zero attached hydrogens (tertiary/aromatic N) is 2. The van der Waals surface area contributed by atoms with Crippen molar-refractivity contribution in [2.24, 2.45) is 11.7 Å². The van der Waals surface area contributed by atoms with Gasteiger partial charge in [0.15, 0.2) is 5.69 Å². The molecule has 3 aromatic rings. The number of aromatic amines is 1. The number of esters is 1. The highest BCUT2D eigenvalue weighted by atomic mass is 16.6. The van der Waals surface area contributed by atoms with Gasteiger partial charge in [0.05, 0.1) is 12.6 Å². The van der Waals surface area contributed by atoms with Gasteiger partial charge in [0.25, 0.3) is 0 Å². The number of hydrogen-bond donors (Lipinski definition) is 2. The lowest BCUT2D eigenvalue weighted by Crippen LogP contribution is -2.51. The number of aryl methyl sites for hydroxylation is 1. The number of fused-ring (bicyclic) bond motifs is 1. The van der Waals surface area contributed by atoms with Crippen LogP contribution >= 0.6 is 0 Å². The molecule has 2 aromatic heterocycles. The van der Waals surface area contributed by atoms with Crippen molar-refractivity contribution >= 4 is 28.9 Å². The van der Waals surface area contributed by atoms with Crippen LogP contribution in [0, 0.1) is 12.8 Å². The summed E-state index contributed by atoms with van der Waals surface area (Å²) in [6.45, 7) is 12.4. The summed E-state index contributed by atoms with van der Waals surface area (Å²) in [7, 11) is 0. The van der Waals surface area contributed by atoms with Crippen LogP contribution < -0.4 is 5.73 Å². The topological polar surface area (TPSA) is 141 Å². The zero-order chi connectivity index (χ0) is 28.2. The third-order valence-electron chi connectivity index (χ3n) is 5.84. The van der Waals surface area contributed by atoms with Crippen LogP contribution in [0.2, 0.25) is 0 Å². The molecule has 2 heterocycles. The smallest absolute Gasteiger partial charge is 0.417 e. The van der Waals surface area contributed by atoms with E-state index in [4.69, 9.17) is 19.6 Å². The third kappa shape index (κ3) is 6.80. The quantitative estimate of drug-likeness (QED) is 0.369. The van der Waals surface area contributed by atoms with Crippen molar-refractivity contribution in [3.63, 3.8) is 0 Å². The molecule has 0 saturated carbocycles. The van der Waals surface area contributed by atoms with E-state index in [1.807, 2.05) is 44.3 Å². The summed E-state index contributed by atoms with van der Waals surface area (Å²) in [5.74, 6) is -0.943. The van der Waals surface area contributed by atoms with Crippen LogP contribution in [0.4, 0.5) is 4.79 Å². The van der Waals surface area contributed by atoms with Crippen LogP contribution in [0.5, 0.6) is 0 Å². The van der Waals surface area contributed by atoms with Crippen LogP contribution in [0.1, 0.15) is 81.7 Å². The highest BCUT2D eigenvalue weighted by molar-refractivity contribution is 5.96. The number of ether oxygens (including phenoxy) is 2. The number of oxazole rings is 1. The third-order valence-corrected chi connectivity index (χ3v) is 5.84. The first kappa shape index (κ1) is 28.9. The Hall–Kier alpha value is -3.66. The number of nitrogens with two attached hydrogens (primary N) is 1. The van der Waals surface area contributed by atoms with Crippen molar-refractivity contribution in [3.05, 3.63) is 53.4 Å². The molecule has 10 heteroatoms.